The van der Waals surface area contributed by atoms with E-state index in [9.17, 15) is 9.18 Å². The molecule has 0 bridgehead atoms. The van der Waals surface area contributed by atoms with E-state index in [2.05, 4.69) is 0 Å². The lowest BCUT2D eigenvalue weighted by Gasteiger charge is -2.05. The molecule has 0 unspecified atom stereocenters. The molecule has 2 rings (SSSR count). The highest BCUT2D eigenvalue weighted by molar-refractivity contribution is 6.33. The minimum atomic E-state index is -0.259. The first kappa shape index (κ1) is 11.8. The number of hydrogen-bond donors (Lipinski definition) is 0. The van der Waals surface area contributed by atoms with Crippen LogP contribution in [0.2, 0.25) is 5.02 Å². The Morgan fingerprint density at radius 3 is 2.41 bits per heavy atom. The van der Waals surface area contributed by atoms with E-state index in [1.54, 1.807) is 31.2 Å². The van der Waals surface area contributed by atoms with Gasteiger partial charge >= 0.3 is 0 Å². The van der Waals surface area contributed by atoms with Gasteiger partial charge in [-0.05, 0) is 41.8 Å². The van der Waals surface area contributed by atoms with Crippen molar-refractivity contribution in [2.24, 2.45) is 0 Å². The van der Waals surface area contributed by atoms with Crippen LogP contribution in [0.3, 0.4) is 0 Å². The van der Waals surface area contributed by atoms with Gasteiger partial charge in [0, 0.05) is 5.56 Å². The van der Waals surface area contributed by atoms with Crippen molar-refractivity contribution >= 4 is 17.9 Å². The second kappa shape index (κ2) is 4.68. The van der Waals surface area contributed by atoms with E-state index in [1.807, 2.05) is 6.07 Å². The molecule has 1 nitrogen and oxygen atoms in total. The number of rotatable bonds is 2. The lowest BCUT2D eigenvalue weighted by Crippen LogP contribution is -1.87. The summed E-state index contributed by atoms with van der Waals surface area (Å²) in [5.41, 5.74) is 2.51. The molecule has 86 valence electrons. The monoisotopic (exact) mass is 248 g/mol. The summed E-state index contributed by atoms with van der Waals surface area (Å²) in [7, 11) is 0. The third-order valence-electron chi connectivity index (χ3n) is 2.63. The highest BCUT2D eigenvalue weighted by Gasteiger charge is 2.05. The maximum Gasteiger partial charge on any atom is 0.151 e. The van der Waals surface area contributed by atoms with Crippen LogP contribution in [-0.4, -0.2) is 6.29 Å². The first-order valence-electron chi connectivity index (χ1n) is 5.13. The Bertz CT molecular complexity index is 578. The Morgan fingerprint density at radius 2 is 1.76 bits per heavy atom. The lowest BCUT2D eigenvalue weighted by molar-refractivity contribution is 0.112. The van der Waals surface area contributed by atoms with Crippen molar-refractivity contribution in [2.45, 2.75) is 6.92 Å². The largest absolute Gasteiger partial charge is 0.298 e. The topological polar surface area (TPSA) is 17.1 Å². The summed E-state index contributed by atoms with van der Waals surface area (Å²) in [5.74, 6) is -0.259. The quantitative estimate of drug-likeness (QED) is 0.726. The van der Waals surface area contributed by atoms with Crippen molar-refractivity contribution < 1.29 is 9.18 Å². The van der Waals surface area contributed by atoms with Gasteiger partial charge in [-0.25, -0.2) is 4.39 Å². The van der Waals surface area contributed by atoms with Crippen LogP contribution in [0, 0.1) is 12.7 Å². The minimum absolute atomic E-state index is 0.259. The first-order valence-corrected chi connectivity index (χ1v) is 5.51. The summed E-state index contributed by atoms with van der Waals surface area (Å²) < 4.78 is 13.4. The third kappa shape index (κ3) is 2.37. The van der Waals surface area contributed by atoms with E-state index >= 15 is 0 Å². The zero-order chi connectivity index (χ0) is 12.4. The van der Waals surface area contributed by atoms with Crippen LogP contribution < -0.4 is 0 Å². The highest BCUT2D eigenvalue weighted by atomic mass is 35.5. The SMILES string of the molecule is Cc1ccc(-c2ccc(Cl)c(C=O)c2)cc1F. The summed E-state index contributed by atoms with van der Waals surface area (Å²) in [6.07, 6.45) is 0.691. The van der Waals surface area contributed by atoms with E-state index in [0.717, 1.165) is 11.1 Å². The van der Waals surface area contributed by atoms with Gasteiger partial charge in [0.25, 0.3) is 0 Å². The predicted molar refractivity (Wildman–Crippen MR) is 67.0 cm³/mol. The Labute approximate surface area is 104 Å². The van der Waals surface area contributed by atoms with E-state index in [1.165, 1.54) is 6.07 Å². The van der Waals surface area contributed by atoms with Gasteiger partial charge < -0.3 is 0 Å². The van der Waals surface area contributed by atoms with Crippen LogP contribution >= 0.6 is 11.6 Å². The molecule has 0 aliphatic heterocycles. The lowest BCUT2D eigenvalue weighted by atomic mass is 10.0. The maximum atomic E-state index is 13.4. The Kier molecular flexibility index (Phi) is 3.25. The summed E-state index contributed by atoms with van der Waals surface area (Å²) in [5, 5.41) is 0.399. The van der Waals surface area contributed by atoms with Gasteiger partial charge in [-0.2, -0.15) is 0 Å². The fourth-order valence-electron chi connectivity index (χ4n) is 1.59. The second-order valence-electron chi connectivity index (χ2n) is 3.82. The summed E-state index contributed by atoms with van der Waals surface area (Å²) in [6.45, 7) is 1.71. The molecule has 0 atom stereocenters. The number of halogens is 2. The van der Waals surface area contributed by atoms with Crippen molar-refractivity contribution in [2.75, 3.05) is 0 Å². The van der Waals surface area contributed by atoms with Crippen molar-refractivity contribution in [3.05, 3.63) is 58.4 Å². The van der Waals surface area contributed by atoms with Crippen LogP contribution in [-0.2, 0) is 0 Å². The fraction of sp³-hybridized carbons (Fsp3) is 0.0714. The Morgan fingerprint density at radius 1 is 1.12 bits per heavy atom. The van der Waals surface area contributed by atoms with Crippen LogP contribution in [0.25, 0.3) is 11.1 Å². The minimum Gasteiger partial charge on any atom is -0.298 e. The van der Waals surface area contributed by atoms with Crippen LogP contribution in [0.15, 0.2) is 36.4 Å². The van der Waals surface area contributed by atoms with Crippen molar-refractivity contribution in [3.8, 4) is 11.1 Å². The predicted octanol–water partition coefficient (Wildman–Crippen LogP) is 4.27. The third-order valence-corrected chi connectivity index (χ3v) is 2.97. The number of carbonyl (C=O) groups is 1. The normalized spacial score (nSPS) is 10.3. The molecule has 0 saturated heterocycles. The molecule has 0 heterocycles. The molecule has 2 aromatic rings. The number of benzene rings is 2. The molecule has 0 spiro atoms. The second-order valence-corrected chi connectivity index (χ2v) is 4.23. The average Bonchev–Trinajstić information content (AvgIpc) is 2.33. The van der Waals surface area contributed by atoms with Gasteiger partial charge in [-0.1, -0.05) is 29.8 Å². The number of aldehydes is 1. The van der Waals surface area contributed by atoms with Crippen molar-refractivity contribution in [1.29, 1.82) is 0 Å². The van der Waals surface area contributed by atoms with E-state index < -0.39 is 0 Å². The van der Waals surface area contributed by atoms with Crippen LogP contribution in [0.1, 0.15) is 15.9 Å². The standard InChI is InChI=1S/C14H10ClFO/c1-9-2-3-11(7-14(9)16)10-4-5-13(15)12(6-10)8-17/h2-8H,1H3. The summed E-state index contributed by atoms with van der Waals surface area (Å²) in [4.78, 5) is 10.8. The molecule has 0 aliphatic carbocycles. The molecule has 0 saturated carbocycles. The molecule has 3 heteroatoms. The Balaban J connectivity index is 2.52. The fourth-order valence-corrected chi connectivity index (χ4v) is 1.75. The van der Waals surface area contributed by atoms with Gasteiger partial charge in [-0.15, -0.1) is 0 Å². The average molecular weight is 249 g/mol. The summed E-state index contributed by atoms with van der Waals surface area (Å²) in [6, 6.07) is 10.0. The number of carbonyl (C=O) groups excluding carboxylic acids is 1. The summed E-state index contributed by atoms with van der Waals surface area (Å²) >= 11 is 5.83. The maximum absolute atomic E-state index is 13.4. The van der Waals surface area contributed by atoms with Gasteiger partial charge in [0.15, 0.2) is 6.29 Å². The molecule has 0 fully saturated rings. The molecule has 17 heavy (non-hydrogen) atoms. The molecular formula is C14H10ClFO. The first-order chi connectivity index (χ1) is 8.11. The molecule has 0 radical (unpaired) electrons. The molecule has 2 aromatic carbocycles. The smallest absolute Gasteiger partial charge is 0.151 e. The van der Waals surface area contributed by atoms with Gasteiger partial charge in [0.2, 0.25) is 0 Å². The van der Waals surface area contributed by atoms with E-state index in [0.29, 0.717) is 22.4 Å². The zero-order valence-corrected chi connectivity index (χ0v) is 9.96. The zero-order valence-electron chi connectivity index (χ0n) is 9.21. The van der Waals surface area contributed by atoms with E-state index in [-0.39, 0.29) is 5.82 Å². The highest BCUT2D eigenvalue weighted by Crippen LogP contribution is 2.25. The van der Waals surface area contributed by atoms with Gasteiger partial charge in [0.1, 0.15) is 5.82 Å². The molecule has 0 aliphatic rings. The Hall–Kier alpha value is -1.67. The molecule has 0 amide bonds. The van der Waals surface area contributed by atoms with Crippen LogP contribution in [0.5, 0.6) is 0 Å². The van der Waals surface area contributed by atoms with E-state index in [4.69, 9.17) is 11.6 Å². The van der Waals surface area contributed by atoms with Crippen molar-refractivity contribution in [3.63, 3.8) is 0 Å². The van der Waals surface area contributed by atoms with Crippen LogP contribution in [0.4, 0.5) is 4.39 Å². The molecule has 0 N–H and O–H groups in total. The number of aryl methyl sites for hydroxylation is 1. The van der Waals surface area contributed by atoms with Gasteiger partial charge in [0.05, 0.1) is 5.02 Å². The van der Waals surface area contributed by atoms with Gasteiger partial charge in [-0.3, -0.25) is 4.79 Å². The molecule has 0 aromatic heterocycles. The molecular weight excluding hydrogens is 239 g/mol. The number of hydrogen-bond acceptors (Lipinski definition) is 1. The van der Waals surface area contributed by atoms with Crippen molar-refractivity contribution in [1.82, 2.24) is 0 Å².